The lowest BCUT2D eigenvalue weighted by molar-refractivity contribution is -0.140. The summed E-state index contributed by atoms with van der Waals surface area (Å²) in [5, 5.41) is 18.4. The molecule has 0 spiro atoms. The maximum atomic E-state index is 13.9. The zero-order valence-electron chi connectivity index (χ0n) is 17.7. The highest BCUT2D eigenvalue weighted by Crippen LogP contribution is 2.48. The van der Waals surface area contributed by atoms with Gasteiger partial charge in [0.15, 0.2) is 0 Å². The Labute approximate surface area is 200 Å². The second-order valence-corrected chi connectivity index (χ2v) is 7.33. The summed E-state index contributed by atoms with van der Waals surface area (Å²) in [5.74, 6) is -7.31. The molecule has 5 nitrogen and oxygen atoms in total. The van der Waals surface area contributed by atoms with Crippen LogP contribution in [0.5, 0.6) is 11.5 Å². The first-order valence-electron chi connectivity index (χ1n) is 9.69. The number of ether oxygens (including phenoxy) is 1. The van der Waals surface area contributed by atoms with E-state index in [1.54, 1.807) is 0 Å². The SMILES string of the molecule is O=C(O)c1ccc(Oc2c(-c3cccc(C(F)(F)F)c3)cccc2C(F)(F)F)c(C(F)(F)F)c1C(=O)O. The Morgan fingerprint density at radius 3 is 1.84 bits per heavy atom. The molecule has 14 heteroatoms. The molecule has 0 saturated heterocycles. The van der Waals surface area contributed by atoms with Crippen molar-refractivity contribution in [2.24, 2.45) is 0 Å². The van der Waals surface area contributed by atoms with Crippen molar-refractivity contribution in [1.82, 2.24) is 0 Å². The van der Waals surface area contributed by atoms with Gasteiger partial charge in [0.1, 0.15) is 17.1 Å². The Morgan fingerprint density at radius 2 is 1.32 bits per heavy atom. The van der Waals surface area contributed by atoms with Crippen LogP contribution in [-0.2, 0) is 18.5 Å². The van der Waals surface area contributed by atoms with Crippen LogP contribution < -0.4 is 4.74 Å². The third-order valence-electron chi connectivity index (χ3n) is 4.93. The molecule has 0 aliphatic heterocycles. The summed E-state index contributed by atoms with van der Waals surface area (Å²) in [5.41, 5.74) is -9.50. The number of halogens is 9. The predicted octanol–water partition coefficient (Wildman–Crippen LogP) is 7.60. The first-order valence-corrected chi connectivity index (χ1v) is 9.69. The predicted molar refractivity (Wildman–Crippen MR) is 107 cm³/mol. The fourth-order valence-corrected chi connectivity index (χ4v) is 3.42. The summed E-state index contributed by atoms with van der Waals surface area (Å²) in [4.78, 5) is 22.8. The maximum absolute atomic E-state index is 13.9. The van der Waals surface area contributed by atoms with Crippen molar-refractivity contribution in [1.29, 1.82) is 0 Å². The molecule has 0 radical (unpaired) electrons. The van der Waals surface area contributed by atoms with Crippen molar-refractivity contribution in [3.8, 4) is 22.6 Å². The normalized spacial score (nSPS) is 12.4. The van der Waals surface area contributed by atoms with Crippen molar-refractivity contribution >= 4 is 11.9 Å². The van der Waals surface area contributed by atoms with Crippen LogP contribution >= 0.6 is 0 Å². The number of rotatable bonds is 5. The third kappa shape index (κ3) is 5.62. The van der Waals surface area contributed by atoms with Crippen molar-refractivity contribution in [2.45, 2.75) is 18.5 Å². The van der Waals surface area contributed by atoms with Crippen molar-refractivity contribution in [3.05, 3.63) is 82.4 Å². The molecule has 3 aromatic rings. The molecule has 0 atom stereocenters. The minimum Gasteiger partial charge on any atom is -0.478 e. The maximum Gasteiger partial charge on any atom is 0.420 e. The highest BCUT2D eigenvalue weighted by Gasteiger charge is 2.43. The summed E-state index contributed by atoms with van der Waals surface area (Å²) >= 11 is 0. The fraction of sp³-hybridized carbons (Fsp3) is 0.130. The molecule has 0 aliphatic carbocycles. The first-order chi connectivity index (χ1) is 16.9. The Kier molecular flexibility index (Phi) is 6.90. The largest absolute Gasteiger partial charge is 0.478 e. The molecular weight excluding hydrogens is 527 g/mol. The Balaban J connectivity index is 2.37. The monoisotopic (exact) mass is 538 g/mol. The third-order valence-corrected chi connectivity index (χ3v) is 4.93. The summed E-state index contributed by atoms with van der Waals surface area (Å²) in [6.45, 7) is 0. The van der Waals surface area contributed by atoms with E-state index < -0.39 is 80.9 Å². The van der Waals surface area contributed by atoms with Gasteiger partial charge in [0, 0.05) is 5.56 Å². The first kappa shape index (κ1) is 27.4. The summed E-state index contributed by atoms with van der Waals surface area (Å²) in [7, 11) is 0. The Hall–Kier alpha value is -4.23. The zero-order valence-corrected chi connectivity index (χ0v) is 17.7. The molecule has 3 rings (SSSR count). The molecule has 37 heavy (non-hydrogen) atoms. The van der Waals surface area contributed by atoms with Crippen LogP contribution in [-0.4, -0.2) is 22.2 Å². The van der Waals surface area contributed by atoms with Gasteiger partial charge in [-0.05, 0) is 35.9 Å². The van der Waals surface area contributed by atoms with Crippen LogP contribution in [0.1, 0.15) is 37.4 Å². The molecule has 0 amide bonds. The number of carboxylic acid groups (broad SMARTS) is 2. The molecule has 0 aliphatic rings. The van der Waals surface area contributed by atoms with Crippen molar-refractivity contribution < 1.29 is 64.1 Å². The molecule has 0 unspecified atom stereocenters. The van der Waals surface area contributed by atoms with Gasteiger partial charge in [-0.3, -0.25) is 0 Å². The number of hydrogen-bond donors (Lipinski definition) is 2. The topological polar surface area (TPSA) is 83.8 Å². The molecule has 0 fully saturated rings. The van der Waals surface area contributed by atoms with Gasteiger partial charge in [-0.25, -0.2) is 9.59 Å². The fourth-order valence-electron chi connectivity index (χ4n) is 3.42. The van der Waals surface area contributed by atoms with E-state index in [1.165, 1.54) is 0 Å². The lowest BCUT2D eigenvalue weighted by atomic mass is 9.97. The van der Waals surface area contributed by atoms with E-state index in [0.29, 0.717) is 30.3 Å². The van der Waals surface area contributed by atoms with E-state index in [0.717, 1.165) is 24.3 Å². The number of para-hydroxylation sites is 1. The minimum absolute atomic E-state index is 0.307. The molecule has 2 N–H and O–H groups in total. The molecule has 0 aromatic heterocycles. The quantitative estimate of drug-likeness (QED) is 0.327. The van der Waals surface area contributed by atoms with E-state index in [9.17, 15) is 54.2 Å². The Morgan fingerprint density at radius 1 is 0.703 bits per heavy atom. The van der Waals surface area contributed by atoms with Crippen molar-refractivity contribution in [2.75, 3.05) is 0 Å². The summed E-state index contributed by atoms with van der Waals surface area (Å²) < 4.78 is 127. The van der Waals surface area contributed by atoms with Gasteiger partial charge in [-0.2, -0.15) is 39.5 Å². The molecular formula is C23H11F9O5. The minimum atomic E-state index is -5.63. The zero-order chi connectivity index (χ0) is 27.9. The number of benzene rings is 3. The number of carboxylic acids is 2. The number of alkyl halides is 9. The van der Waals surface area contributed by atoms with Crippen LogP contribution in [0.25, 0.3) is 11.1 Å². The van der Waals surface area contributed by atoms with Gasteiger partial charge < -0.3 is 14.9 Å². The number of carbonyl (C=O) groups is 2. The highest BCUT2D eigenvalue weighted by molar-refractivity contribution is 6.03. The van der Waals surface area contributed by atoms with Crippen LogP contribution in [0.4, 0.5) is 39.5 Å². The highest BCUT2D eigenvalue weighted by atomic mass is 19.4. The van der Waals surface area contributed by atoms with Crippen LogP contribution in [0.3, 0.4) is 0 Å². The summed E-state index contributed by atoms with van der Waals surface area (Å²) in [6.07, 6.45) is -15.8. The number of aromatic carboxylic acids is 2. The van der Waals surface area contributed by atoms with Gasteiger partial charge in [-0.1, -0.05) is 24.3 Å². The molecule has 0 saturated carbocycles. The molecule has 3 aromatic carbocycles. The van der Waals surface area contributed by atoms with Crippen LogP contribution in [0.15, 0.2) is 54.6 Å². The summed E-state index contributed by atoms with van der Waals surface area (Å²) in [6, 6.07) is 5.60. The van der Waals surface area contributed by atoms with E-state index in [2.05, 4.69) is 0 Å². The van der Waals surface area contributed by atoms with Gasteiger partial charge in [0.2, 0.25) is 0 Å². The average Bonchev–Trinajstić information content (AvgIpc) is 2.76. The van der Waals surface area contributed by atoms with Crippen LogP contribution in [0.2, 0.25) is 0 Å². The lowest BCUT2D eigenvalue weighted by Crippen LogP contribution is -2.19. The van der Waals surface area contributed by atoms with Gasteiger partial charge in [0.25, 0.3) is 0 Å². The van der Waals surface area contributed by atoms with E-state index in [4.69, 9.17) is 9.84 Å². The second kappa shape index (κ2) is 9.33. The van der Waals surface area contributed by atoms with Gasteiger partial charge in [0.05, 0.1) is 22.3 Å². The van der Waals surface area contributed by atoms with E-state index >= 15 is 0 Å². The molecule has 0 heterocycles. The van der Waals surface area contributed by atoms with Crippen LogP contribution in [0, 0.1) is 0 Å². The number of hydrogen-bond acceptors (Lipinski definition) is 3. The Bertz CT molecular complexity index is 1370. The van der Waals surface area contributed by atoms with Gasteiger partial charge in [-0.15, -0.1) is 0 Å². The molecule has 196 valence electrons. The van der Waals surface area contributed by atoms with E-state index in [1.807, 2.05) is 0 Å². The van der Waals surface area contributed by atoms with E-state index in [-0.39, 0.29) is 0 Å². The molecule has 0 bridgehead atoms. The lowest BCUT2D eigenvalue weighted by Gasteiger charge is -2.21. The van der Waals surface area contributed by atoms with Gasteiger partial charge >= 0.3 is 30.5 Å². The smallest absolute Gasteiger partial charge is 0.420 e. The average molecular weight is 538 g/mol. The second-order valence-electron chi connectivity index (χ2n) is 7.33. The van der Waals surface area contributed by atoms with Crippen molar-refractivity contribution in [3.63, 3.8) is 0 Å². The standard InChI is InChI=1S/C23H11F9O5/c24-21(25,26)11-4-1-3-10(9-11)12-5-2-6-14(22(27,28)29)18(12)37-15-8-7-13(19(33)34)16(20(35)36)17(15)23(30,31)32/h1-9H,(H,33,34)(H,35,36).